The summed E-state index contributed by atoms with van der Waals surface area (Å²) in [5.74, 6) is 5.95. The van der Waals surface area contributed by atoms with E-state index in [1.54, 1.807) is 23.1 Å². The van der Waals surface area contributed by atoms with Crippen molar-refractivity contribution in [3.63, 3.8) is 0 Å². The molecule has 0 aliphatic carbocycles. The van der Waals surface area contributed by atoms with Gasteiger partial charge >= 0.3 is 0 Å². The molecule has 136 valence electrons. The Bertz CT molecular complexity index is 974. The van der Waals surface area contributed by atoms with Crippen molar-refractivity contribution in [2.75, 3.05) is 0 Å². The molecule has 0 atom stereocenters. The van der Waals surface area contributed by atoms with Gasteiger partial charge in [0, 0.05) is 5.56 Å². The zero-order valence-corrected chi connectivity index (χ0v) is 14.5. The predicted molar refractivity (Wildman–Crippen MR) is 100 cm³/mol. The molecule has 0 spiro atoms. The van der Waals surface area contributed by atoms with E-state index in [4.69, 9.17) is 21.6 Å². The molecule has 3 rings (SSSR count). The Morgan fingerprint density at radius 2 is 2.00 bits per heavy atom. The van der Waals surface area contributed by atoms with E-state index in [0.29, 0.717) is 24.5 Å². The number of benzene rings is 2. The fraction of sp³-hybridized carbons (Fsp3) is 0.105. The van der Waals surface area contributed by atoms with Crippen molar-refractivity contribution in [3.05, 3.63) is 83.6 Å². The van der Waals surface area contributed by atoms with Gasteiger partial charge in [-0.3, -0.25) is 0 Å². The van der Waals surface area contributed by atoms with Gasteiger partial charge in [0.15, 0.2) is 5.70 Å². The summed E-state index contributed by atoms with van der Waals surface area (Å²) in [4.78, 5) is 3.94. The molecule has 5 N–H and O–H groups in total. The van der Waals surface area contributed by atoms with E-state index in [1.165, 1.54) is 6.33 Å². The second kappa shape index (κ2) is 8.51. The van der Waals surface area contributed by atoms with Gasteiger partial charge < -0.3 is 15.9 Å². The molecule has 0 saturated heterocycles. The van der Waals surface area contributed by atoms with Crippen LogP contribution in [0.5, 0.6) is 5.75 Å². The highest BCUT2D eigenvalue weighted by Gasteiger charge is 2.06. The molecule has 0 radical (unpaired) electrons. The first-order valence-corrected chi connectivity index (χ1v) is 8.19. The maximum atomic E-state index is 9.03. The van der Waals surface area contributed by atoms with E-state index in [0.717, 1.165) is 11.1 Å². The molecule has 1 heterocycles. The molecule has 8 heteroatoms. The molecule has 0 aliphatic rings. The van der Waals surface area contributed by atoms with Crippen molar-refractivity contribution < 1.29 is 4.74 Å². The zero-order valence-electron chi connectivity index (χ0n) is 14.5. The third kappa shape index (κ3) is 4.62. The van der Waals surface area contributed by atoms with Crippen LogP contribution in [0.3, 0.4) is 0 Å². The van der Waals surface area contributed by atoms with Gasteiger partial charge in [-0.25, -0.2) is 15.5 Å². The molecule has 2 aromatic carbocycles. The fourth-order valence-electron chi connectivity index (χ4n) is 2.55. The van der Waals surface area contributed by atoms with Gasteiger partial charge in [0.2, 0.25) is 0 Å². The van der Waals surface area contributed by atoms with Gasteiger partial charge in [0.1, 0.15) is 31.1 Å². The second-order valence-corrected chi connectivity index (χ2v) is 5.77. The van der Waals surface area contributed by atoms with Crippen LogP contribution >= 0.6 is 0 Å². The van der Waals surface area contributed by atoms with E-state index >= 15 is 0 Å². The molecule has 27 heavy (non-hydrogen) atoms. The van der Waals surface area contributed by atoms with E-state index in [2.05, 4.69) is 21.6 Å². The van der Waals surface area contributed by atoms with Gasteiger partial charge in [0.25, 0.3) is 0 Å². The van der Waals surface area contributed by atoms with E-state index in [-0.39, 0.29) is 11.4 Å². The average Bonchev–Trinajstić information content (AvgIpc) is 3.21. The Morgan fingerprint density at radius 1 is 1.19 bits per heavy atom. The lowest BCUT2D eigenvalue weighted by molar-refractivity contribution is 0.306. The fourth-order valence-corrected chi connectivity index (χ4v) is 2.55. The first kappa shape index (κ1) is 18.0. The molecular weight excluding hydrogens is 342 g/mol. The van der Waals surface area contributed by atoms with E-state index < -0.39 is 0 Å². The quantitative estimate of drug-likeness (QED) is 0.331. The Kier molecular flexibility index (Phi) is 5.67. The lowest BCUT2D eigenvalue weighted by atomic mass is 10.1. The van der Waals surface area contributed by atoms with Crippen LogP contribution in [0.1, 0.15) is 16.7 Å². The number of aromatic nitrogens is 3. The number of nitrogens with zero attached hydrogens (tertiary/aromatic N) is 4. The first-order valence-electron chi connectivity index (χ1n) is 8.19. The minimum Gasteiger partial charge on any atom is -0.489 e. The number of nitrogens with one attached hydrogen (secondary N) is 1. The zero-order chi connectivity index (χ0) is 19.1. The van der Waals surface area contributed by atoms with Crippen molar-refractivity contribution >= 4 is 5.70 Å². The second-order valence-electron chi connectivity index (χ2n) is 5.77. The van der Waals surface area contributed by atoms with Gasteiger partial charge in [-0.1, -0.05) is 36.4 Å². The van der Waals surface area contributed by atoms with Gasteiger partial charge in [-0.2, -0.15) is 10.4 Å². The minimum absolute atomic E-state index is 0.105. The van der Waals surface area contributed by atoms with Crippen LogP contribution in [0.2, 0.25) is 0 Å². The third-order valence-corrected chi connectivity index (χ3v) is 3.88. The SMILES string of the molecule is N#C/C(NN)=C(/N)c1cccc(OCc2cccc(Cn3cncn3)c2)c1. The van der Waals surface area contributed by atoms with E-state index in [9.17, 15) is 0 Å². The molecule has 0 bridgehead atoms. The maximum absolute atomic E-state index is 9.03. The third-order valence-electron chi connectivity index (χ3n) is 3.88. The summed E-state index contributed by atoms with van der Waals surface area (Å²) in [6.45, 7) is 1.05. The Balaban J connectivity index is 1.70. The van der Waals surface area contributed by atoms with Crippen LogP contribution in [0, 0.1) is 11.3 Å². The van der Waals surface area contributed by atoms with E-state index in [1.807, 2.05) is 36.4 Å². The van der Waals surface area contributed by atoms with Gasteiger partial charge in [0.05, 0.1) is 12.2 Å². The number of allylic oxidation sites excluding steroid dienone is 1. The summed E-state index contributed by atoms with van der Waals surface area (Å²) in [5.41, 5.74) is 11.4. The summed E-state index contributed by atoms with van der Waals surface area (Å²) in [6, 6.07) is 17.2. The first-order chi connectivity index (χ1) is 13.2. The highest BCUT2D eigenvalue weighted by molar-refractivity contribution is 5.69. The topological polar surface area (TPSA) is 128 Å². The lowest BCUT2D eigenvalue weighted by Crippen LogP contribution is -2.23. The van der Waals surface area contributed by atoms with Crippen LogP contribution in [0.25, 0.3) is 5.70 Å². The number of hydrazine groups is 1. The summed E-state index contributed by atoms with van der Waals surface area (Å²) < 4.78 is 7.63. The highest BCUT2D eigenvalue weighted by Crippen LogP contribution is 2.20. The van der Waals surface area contributed by atoms with Gasteiger partial charge in [-0.05, 0) is 23.3 Å². The monoisotopic (exact) mass is 361 g/mol. The number of nitriles is 1. The van der Waals surface area contributed by atoms with Crippen molar-refractivity contribution in [2.45, 2.75) is 13.2 Å². The average molecular weight is 361 g/mol. The lowest BCUT2D eigenvalue weighted by Gasteiger charge is -2.10. The Morgan fingerprint density at radius 3 is 2.74 bits per heavy atom. The molecule has 0 amide bonds. The smallest absolute Gasteiger partial charge is 0.151 e. The summed E-state index contributed by atoms with van der Waals surface area (Å²) in [7, 11) is 0. The number of ether oxygens (including phenoxy) is 1. The van der Waals surface area contributed by atoms with Crippen LogP contribution < -0.4 is 21.7 Å². The number of nitrogens with two attached hydrogens (primary N) is 2. The molecule has 3 aromatic rings. The molecule has 0 saturated carbocycles. The van der Waals surface area contributed by atoms with Crippen molar-refractivity contribution in [1.29, 1.82) is 5.26 Å². The van der Waals surface area contributed by atoms with Gasteiger partial charge in [-0.15, -0.1) is 0 Å². The Labute approximate surface area is 156 Å². The van der Waals surface area contributed by atoms with Crippen LogP contribution in [0.4, 0.5) is 0 Å². The summed E-state index contributed by atoms with van der Waals surface area (Å²) in [5, 5.41) is 13.1. The maximum Gasteiger partial charge on any atom is 0.151 e. The predicted octanol–water partition coefficient (Wildman–Crippen LogP) is 1.52. The normalized spacial score (nSPS) is 11.4. The largest absolute Gasteiger partial charge is 0.489 e. The summed E-state index contributed by atoms with van der Waals surface area (Å²) in [6.07, 6.45) is 3.19. The molecule has 0 aliphatic heterocycles. The molecule has 0 unspecified atom stereocenters. The number of rotatable bonds is 7. The molecule has 0 fully saturated rings. The van der Waals surface area contributed by atoms with Crippen molar-refractivity contribution in [2.24, 2.45) is 11.6 Å². The number of hydrogen-bond acceptors (Lipinski definition) is 7. The van der Waals surface area contributed by atoms with Crippen LogP contribution in [-0.4, -0.2) is 14.8 Å². The summed E-state index contributed by atoms with van der Waals surface area (Å²) >= 11 is 0. The van der Waals surface area contributed by atoms with Crippen molar-refractivity contribution in [1.82, 2.24) is 20.2 Å². The van der Waals surface area contributed by atoms with Crippen LogP contribution in [0.15, 0.2) is 66.9 Å². The minimum atomic E-state index is 0.105. The molecular formula is C19H19N7O. The number of hydrogen-bond donors (Lipinski definition) is 3. The Hall–Kier alpha value is -3.83. The van der Waals surface area contributed by atoms with Crippen molar-refractivity contribution in [3.8, 4) is 11.8 Å². The molecule has 1 aromatic heterocycles. The molecule has 8 nitrogen and oxygen atoms in total. The standard InChI is InChI=1S/C19H19N7O/c20-9-18(25-22)19(21)16-5-2-6-17(8-16)27-11-15-4-1-3-14(7-15)10-26-13-23-12-24-26/h1-8,12-13,25H,10-11,21-22H2/b19-18-. The van der Waals surface area contributed by atoms with Crippen LogP contribution in [-0.2, 0) is 13.2 Å². The highest BCUT2D eigenvalue weighted by atomic mass is 16.5.